The molecule has 0 amide bonds. The van der Waals surface area contributed by atoms with Crippen LogP contribution in [0.15, 0.2) is 55.0 Å². The molecule has 0 aliphatic rings. The van der Waals surface area contributed by atoms with E-state index in [0.717, 1.165) is 65.3 Å². The second-order valence-corrected chi connectivity index (χ2v) is 8.61. The summed E-state index contributed by atoms with van der Waals surface area (Å²) in [6.07, 6.45) is 7.78. The van der Waals surface area contributed by atoms with Crippen LogP contribution in [-0.4, -0.2) is 52.4 Å². The molecular formula is C26H32N6O. The molecule has 0 aliphatic carbocycles. The number of hydrogen-bond acceptors (Lipinski definition) is 6. The van der Waals surface area contributed by atoms with Gasteiger partial charge < -0.3 is 14.5 Å². The van der Waals surface area contributed by atoms with E-state index in [1.54, 1.807) is 11.8 Å². The summed E-state index contributed by atoms with van der Waals surface area (Å²) in [6.45, 7) is 3.98. The minimum absolute atomic E-state index is 0.822. The van der Waals surface area contributed by atoms with Crippen LogP contribution in [0.4, 0.5) is 11.4 Å². The van der Waals surface area contributed by atoms with Crippen molar-refractivity contribution in [1.29, 1.82) is 0 Å². The third-order valence-electron chi connectivity index (χ3n) is 5.57. The highest BCUT2D eigenvalue weighted by Gasteiger charge is 2.14. The maximum absolute atomic E-state index is 5.63. The Labute approximate surface area is 195 Å². The zero-order valence-electron chi connectivity index (χ0n) is 20.1. The number of rotatable bonds is 9. The molecule has 7 heteroatoms. The fourth-order valence-electron chi connectivity index (χ4n) is 3.96. The molecule has 0 radical (unpaired) electrons. The van der Waals surface area contributed by atoms with Crippen molar-refractivity contribution < 1.29 is 4.74 Å². The Morgan fingerprint density at radius 2 is 1.85 bits per heavy atom. The first-order valence-corrected chi connectivity index (χ1v) is 11.3. The molecule has 0 spiro atoms. The van der Waals surface area contributed by atoms with E-state index >= 15 is 0 Å². The lowest BCUT2D eigenvalue weighted by Crippen LogP contribution is -2.19. The summed E-state index contributed by atoms with van der Waals surface area (Å²) < 4.78 is 7.41. The molecule has 33 heavy (non-hydrogen) atoms. The predicted octanol–water partition coefficient (Wildman–Crippen LogP) is 5.04. The van der Waals surface area contributed by atoms with Gasteiger partial charge in [-0.3, -0.25) is 9.67 Å². The molecule has 0 saturated heterocycles. The van der Waals surface area contributed by atoms with E-state index in [1.807, 2.05) is 31.7 Å². The van der Waals surface area contributed by atoms with Gasteiger partial charge in [0.2, 0.25) is 0 Å². The number of aromatic nitrogens is 4. The normalized spacial score (nSPS) is 11.3. The fraction of sp³-hybridized carbons (Fsp3) is 0.346. The first-order chi connectivity index (χ1) is 16.0. The second kappa shape index (κ2) is 10.0. The molecule has 2 aromatic carbocycles. The van der Waals surface area contributed by atoms with Crippen molar-refractivity contribution in [3.8, 4) is 17.0 Å². The van der Waals surface area contributed by atoms with Gasteiger partial charge in [0, 0.05) is 49.3 Å². The lowest BCUT2D eigenvalue weighted by Gasteiger charge is -2.26. The van der Waals surface area contributed by atoms with Gasteiger partial charge in [-0.15, -0.1) is 0 Å². The van der Waals surface area contributed by atoms with E-state index in [2.05, 4.69) is 71.2 Å². The van der Waals surface area contributed by atoms with Crippen molar-refractivity contribution in [2.75, 3.05) is 32.6 Å². The lowest BCUT2D eigenvalue weighted by atomic mass is 10.1. The molecule has 2 aromatic heterocycles. The van der Waals surface area contributed by atoms with Crippen LogP contribution >= 0.6 is 0 Å². The lowest BCUT2D eigenvalue weighted by molar-refractivity contribution is 0.395. The average Bonchev–Trinajstić information content (AvgIpc) is 3.24. The summed E-state index contributed by atoms with van der Waals surface area (Å²) in [6, 6.07) is 12.8. The van der Waals surface area contributed by atoms with Crippen LogP contribution in [0.25, 0.3) is 22.3 Å². The molecular weight excluding hydrogens is 412 g/mol. The van der Waals surface area contributed by atoms with E-state index in [1.165, 1.54) is 5.56 Å². The van der Waals surface area contributed by atoms with Gasteiger partial charge in [0.15, 0.2) is 0 Å². The Hall–Kier alpha value is -3.45. The van der Waals surface area contributed by atoms with E-state index in [0.29, 0.717) is 0 Å². The van der Waals surface area contributed by atoms with Crippen LogP contribution in [0.3, 0.4) is 0 Å². The maximum atomic E-state index is 5.63. The number of ether oxygens (including phenoxy) is 1. The minimum Gasteiger partial charge on any atom is -0.497 e. The van der Waals surface area contributed by atoms with Crippen molar-refractivity contribution in [2.45, 2.75) is 26.3 Å². The molecule has 4 rings (SSSR count). The maximum Gasteiger partial charge on any atom is 0.121 e. The Morgan fingerprint density at radius 3 is 2.55 bits per heavy atom. The van der Waals surface area contributed by atoms with E-state index in [4.69, 9.17) is 9.72 Å². The van der Waals surface area contributed by atoms with Crippen molar-refractivity contribution in [1.82, 2.24) is 24.6 Å². The second-order valence-electron chi connectivity index (χ2n) is 8.61. The Balaban J connectivity index is 1.77. The fourth-order valence-corrected chi connectivity index (χ4v) is 3.96. The van der Waals surface area contributed by atoms with E-state index < -0.39 is 0 Å². The number of hydrogen-bond donors (Lipinski definition) is 0. The molecule has 0 bridgehead atoms. The molecule has 7 nitrogen and oxygen atoms in total. The largest absolute Gasteiger partial charge is 0.497 e. The summed E-state index contributed by atoms with van der Waals surface area (Å²) in [5.74, 6) is 0.866. The summed E-state index contributed by atoms with van der Waals surface area (Å²) >= 11 is 0. The molecule has 0 fully saturated rings. The van der Waals surface area contributed by atoms with Gasteiger partial charge >= 0.3 is 0 Å². The highest BCUT2D eigenvalue weighted by atomic mass is 16.5. The smallest absolute Gasteiger partial charge is 0.121 e. The molecule has 172 valence electrons. The monoisotopic (exact) mass is 444 g/mol. The van der Waals surface area contributed by atoms with Crippen molar-refractivity contribution in [2.24, 2.45) is 7.05 Å². The van der Waals surface area contributed by atoms with Crippen LogP contribution in [0.1, 0.15) is 25.3 Å². The molecule has 0 saturated carbocycles. The predicted molar refractivity (Wildman–Crippen MR) is 134 cm³/mol. The zero-order valence-corrected chi connectivity index (χ0v) is 20.1. The summed E-state index contributed by atoms with van der Waals surface area (Å²) in [5.41, 5.74) is 6.96. The SMILES string of the molecule is CCCCN(c1cc(CN(C)C)cc(OC)c1)c1ccc2ncc(-c3cnn(C)c3)nc2c1. The molecule has 0 atom stereocenters. The van der Waals surface area contributed by atoms with E-state index in [9.17, 15) is 0 Å². The number of fused-ring (bicyclic) bond motifs is 1. The Morgan fingerprint density at radius 1 is 1.00 bits per heavy atom. The number of benzene rings is 2. The number of anilines is 2. The standard InChI is InChI=1S/C26H32N6O/c1-6-7-10-32(22-11-19(17-30(2)3)12-23(13-22)33-5)21-8-9-24-25(14-21)29-26(16-27-24)20-15-28-31(4)18-20/h8-9,11-16,18H,6-7,10,17H2,1-5H3. The van der Waals surface area contributed by atoms with Crippen LogP contribution in [0.5, 0.6) is 5.75 Å². The average molecular weight is 445 g/mol. The highest BCUT2D eigenvalue weighted by molar-refractivity contribution is 5.82. The summed E-state index contributed by atoms with van der Waals surface area (Å²) in [5, 5.41) is 4.26. The summed E-state index contributed by atoms with van der Waals surface area (Å²) in [4.78, 5) is 14.0. The van der Waals surface area contributed by atoms with Gasteiger partial charge in [-0.25, -0.2) is 4.98 Å². The summed E-state index contributed by atoms with van der Waals surface area (Å²) in [7, 11) is 7.78. The van der Waals surface area contributed by atoms with Crippen molar-refractivity contribution in [3.63, 3.8) is 0 Å². The van der Waals surface area contributed by atoms with Gasteiger partial charge in [0.1, 0.15) is 5.75 Å². The van der Waals surface area contributed by atoms with Crippen LogP contribution in [0, 0.1) is 0 Å². The van der Waals surface area contributed by atoms with E-state index in [-0.39, 0.29) is 0 Å². The van der Waals surface area contributed by atoms with Crippen molar-refractivity contribution in [3.05, 3.63) is 60.6 Å². The number of unbranched alkanes of at least 4 members (excludes halogenated alkanes) is 1. The molecule has 0 unspecified atom stereocenters. The highest BCUT2D eigenvalue weighted by Crippen LogP contribution is 2.32. The molecule has 0 aliphatic heterocycles. The topological polar surface area (TPSA) is 59.3 Å². The quantitative estimate of drug-likeness (QED) is 0.361. The van der Waals surface area contributed by atoms with Crippen molar-refractivity contribution >= 4 is 22.4 Å². The van der Waals surface area contributed by atoms with Gasteiger partial charge in [-0.05, 0) is 56.4 Å². The van der Waals surface area contributed by atoms with Crippen LogP contribution in [0.2, 0.25) is 0 Å². The third kappa shape index (κ3) is 5.31. The first kappa shape index (κ1) is 22.7. The third-order valence-corrected chi connectivity index (χ3v) is 5.57. The molecule has 0 N–H and O–H groups in total. The zero-order chi connectivity index (χ0) is 23.4. The van der Waals surface area contributed by atoms with Gasteiger partial charge in [-0.2, -0.15) is 5.10 Å². The number of aryl methyl sites for hydroxylation is 1. The minimum atomic E-state index is 0.822. The van der Waals surface area contributed by atoms with Gasteiger partial charge in [-0.1, -0.05) is 13.3 Å². The molecule has 2 heterocycles. The Bertz CT molecular complexity index is 1230. The van der Waals surface area contributed by atoms with Crippen LogP contribution < -0.4 is 9.64 Å². The van der Waals surface area contributed by atoms with Gasteiger partial charge in [0.05, 0.1) is 36.2 Å². The van der Waals surface area contributed by atoms with Crippen LogP contribution in [-0.2, 0) is 13.6 Å². The Kier molecular flexibility index (Phi) is 6.89. The number of methoxy groups -OCH3 is 1. The van der Waals surface area contributed by atoms with Gasteiger partial charge in [0.25, 0.3) is 0 Å². The molecule has 4 aromatic rings. The number of nitrogens with zero attached hydrogens (tertiary/aromatic N) is 6. The first-order valence-electron chi connectivity index (χ1n) is 11.3.